The largest absolute Gasteiger partial charge is 0.343 e. The van der Waals surface area contributed by atoms with Crippen molar-refractivity contribution < 1.29 is 9.59 Å². The van der Waals surface area contributed by atoms with E-state index >= 15 is 0 Å². The Bertz CT molecular complexity index is 655. The van der Waals surface area contributed by atoms with Crippen molar-refractivity contribution in [3.8, 4) is 0 Å². The summed E-state index contributed by atoms with van der Waals surface area (Å²) in [7, 11) is 0. The van der Waals surface area contributed by atoms with Gasteiger partial charge in [-0.15, -0.1) is 0 Å². The fraction of sp³-hybridized carbons (Fsp3) is 0.636. The van der Waals surface area contributed by atoms with Gasteiger partial charge in [0.1, 0.15) is 0 Å². The molecule has 2 bridgehead atoms. The highest BCUT2D eigenvalue weighted by molar-refractivity contribution is 5.90. The van der Waals surface area contributed by atoms with Gasteiger partial charge in [-0.05, 0) is 68.6 Å². The first kappa shape index (κ1) is 18.5. The van der Waals surface area contributed by atoms with Crippen molar-refractivity contribution in [3.63, 3.8) is 0 Å². The monoisotopic (exact) mass is 369 g/mol. The van der Waals surface area contributed by atoms with E-state index in [0.29, 0.717) is 30.8 Å². The molecule has 5 nitrogen and oxygen atoms in total. The van der Waals surface area contributed by atoms with E-state index in [4.69, 9.17) is 0 Å². The first-order valence-electron chi connectivity index (χ1n) is 10.6. The number of nitrogens with one attached hydrogen (secondary N) is 2. The van der Waals surface area contributed by atoms with Gasteiger partial charge >= 0.3 is 0 Å². The number of amides is 2. The Morgan fingerprint density at radius 1 is 1.04 bits per heavy atom. The van der Waals surface area contributed by atoms with Crippen LogP contribution < -0.4 is 10.6 Å². The van der Waals surface area contributed by atoms with Gasteiger partial charge in [0.25, 0.3) is 0 Å². The van der Waals surface area contributed by atoms with Crippen LogP contribution in [0.4, 0.5) is 5.69 Å². The Balaban J connectivity index is 1.21. The van der Waals surface area contributed by atoms with Gasteiger partial charge in [0, 0.05) is 43.7 Å². The third kappa shape index (κ3) is 4.89. The van der Waals surface area contributed by atoms with Crippen molar-refractivity contribution in [1.29, 1.82) is 0 Å². The number of aryl methyl sites for hydroxylation is 1. The van der Waals surface area contributed by atoms with Gasteiger partial charge < -0.3 is 15.5 Å². The minimum absolute atomic E-state index is 0.123. The molecule has 5 heteroatoms. The molecule has 146 valence electrons. The summed E-state index contributed by atoms with van der Waals surface area (Å²) in [4.78, 5) is 26.5. The predicted octanol–water partition coefficient (Wildman–Crippen LogP) is 3.10. The van der Waals surface area contributed by atoms with Crippen LogP contribution in [0.15, 0.2) is 24.3 Å². The summed E-state index contributed by atoms with van der Waals surface area (Å²) in [6.45, 7) is 1.84. The molecule has 3 aliphatic heterocycles. The third-order valence-corrected chi connectivity index (χ3v) is 6.37. The summed E-state index contributed by atoms with van der Waals surface area (Å²) in [6, 6.07) is 9.22. The summed E-state index contributed by atoms with van der Waals surface area (Å²) >= 11 is 0. The summed E-state index contributed by atoms with van der Waals surface area (Å²) in [5, 5.41) is 6.67. The van der Waals surface area contributed by atoms with Crippen molar-refractivity contribution in [2.45, 2.75) is 69.9 Å². The molecule has 3 aliphatic rings. The van der Waals surface area contributed by atoms with Crippen molar-refractivity contribution in [2.75, 3.05) is 18.4 Å². The highest BCUT2D eigenvalue weighted by atomic mass is 16.2. The standard InChI is InChI=1S/C22H31N3O2/c26-21(15-17-13-19-8-9-20(14-17)23-19)24-18-6-3-16(4-7-18)5-10-22(27)25-11-1-2-12-25/h3-4,6-7,17,19-20,23H,1-2,5,8-15H2,(H,24,26). The minimum Gasteiger partial charge on any atom is -0.343 e. The van der Waals surface area contributed by atoms with E-state index < -0.39 is 0 Å². The lowest BCUT2D eigenvalue weighted by Gasteiger charge is -2.28. The second-order valence-electron chi connectivity index (χ2n) is 8.51. The Labute approximate surface area is 161 Å². The summed E-state index contributed by atoms with van der Waals surface area (Å²) in [5.41, 5.74) is 2.00. The van der Waals surface area contributed by atoms with Gasteiger partial charge in [-0.2, -0.15) is 0 Å². The molecule has 2 unspecified atom stereocenters. The highest BCUT2D eigenvalue weighted by Crippen LogP contribution is 2.32. The molecule has 2 amide bonds. The average Bonchev–Trinajstić information content (AvgIpc) is 3.31. The molecular formula is C22H31N3O2. The van der Waals surface area contributed by atoms with E-state index in [0.717, 1.165) is 56.4 Å². The Hall–Kier alpha value is -1.88. The summed E-state index contributed by atoms with van der Waals surface area (Å²) < 4.78 is 0. The molecule has 1 aromatic carbocycles. The number of benzene rings is 1. The van der Waals surface area contributed by atoms with E-state index in [9.17, 15) is 9.59 Å². The molecule has 2 atom stereocenters. The van der Waals surface area contributed by atoms with Crippen LogP contribution in [0.2, 0.25) is 0 Å². The van der Waals surface area contributed by atoms with Crippen LogP contribution in [0.3, 0.4) is 0 Å². The zero-order valence-electron chi connectivity index (χ0n) is 16.1. The van der Waals surface area contributed by atoms with Gasteiger partial charge in [-0.25, -0.2) is 0 Å². The zero-order valence-corrected chi connectivity index (χ0v) is 16.1. The number of likely N-dealkylation sites (tertiary alicyclic amines) is 1. The van der Waals surface area contributed by atoms with E-state index in [1.807, 2.05) is 29.2 Å². The predicted molar refractivity (Wildman–Crippen MR) is 106 cm³/mol. The maximum Gasteiger partial charge on any atom is 0.224 e. The lowest BCUT2D eigenvalue weighted by Crippen LogP contribution is -2.39. The normalized spacial score (nSPS) is 27.0. The minimum atomic E-state index is 0.123. The van der Waals surface area contributed by atoms with Crippen molar-refractivity contribution in [2.24, 2.45) is 5.92 Å². The Morgan fingerprint density at radius 3 is 2.37 bits per heavy atom. The van der Waals surface area contributed by atoms with Gasteiger partial charge in [0.15, 0.2) is 0 Å². The quantitative estimate of drug-likeness (QED) is 0.810. The van der Waals surface area contributed by atoms with Crippen LogP contribution in [0.25, 0.3) is 0 Å². The first-order valence-corrected chi connectivity index (χ1v) is 10.6. The number of rotatable bonds is 6. The summed E-state index contributed by atoms with van der Waals surface area (Å²) in [5.74, 6) is 0.902. The van der Waals surface area contributed by atoms with Crippen LogP contribution in [0.5, 0.6) is 0 Å². The highest BCUT2D eigenvalue weighted by Gasteiger charge is 2.34. The topological polar surface area (TPSA) is 61.4 Å². The molecule has 1 aromatic rings. The Kier molecular flexibility index (Phi) is 5.77. The molecule has 0 saturated carbocycles. The summed E-state index contributed by atoms with van der Waals surface area (Å²) in [6.07, 6.45) is 9.04. The van der Waals surface area contributed by atoms with Crippen molar-refractivity contribution in [3.05, 3.63) is 29.8 Å². The average molecular weight is 370 g/mol. The molecule has 0 radical (unpaired) electrons. The molecule has 4 rings (SSSR count). The van der Waals surface area contributed by atoms with Crippen LogP contribution in [0, 0.1) is 5.92 Å². The van der Waals surface area contributed by atoms with E-state index in [2.05, 4.69) is 10.6 Å². The molecule has 3 fully saturated rings. The van der Waals surface area contributed by atoms with Gasteiger partial charge in [-0.3, -0.25) is 9.59 Å². The van der Waals surface area contributed by atoms with Crippen LogP contribution in [-0.4, -0.2) is 41.9 Å². The molecule has 2 N–H and O–H groups in total. The van der Waals surface area contributed by atoms with Gasteiger partial charge in [0.2, 0.25) is 11.8 Å². The third-order valence-electron chi connectivity index (χ3n) is 6.37. The van der Waals surface area contributed by atoms with E-state index in [-0.39, 0.29) is 11.8 Å². The van der Waals surface area contributed by atoms with Crippen LogP contribution in [-0.2, 0) is 16.0 Å². The number of nitrogens with zero attached hydrogens (tertiary/aromatic N) is 1. The maximum absolute atomic E-state index is 12.4. The lowest BCUT2D eigenvalue weighted by atomic mass is 9.89. The number of carbonyl (C=O) groups excluding carboxylic acids is 2. The van der Waals surface area contributed by atoms with Crippen molar-refractivity contribution in [1.82, 2.24) is 10.2 Å². The number of anilines is 1. The maximum atomic E-state index is 12.4. The fourth-order valence-electron chi connectivity index (χ4n) is 4.95. The second-order valence-corrected chi connectivity index (χ2v) is 8.51. The van der Waals surface area contributed by atoms with Crippen molar-refractivity contribution >= 4 is 17.5 Å². The number of hydrogen-bond acceptors (Lipinski definition) is 3. The molecular weight excluding hydrogens is 338 g/mol. The SMILES string of the molecule is O=C(CC1CC2CCC(C1)N2)Nc1ccc(CCC(=O)N2CCCC2)cc1. The number of carbonyl (C=O) groups is 2. The van der Waals surface area contributed by atoms with Gasteiger partial charge in [-0.1, -0.05) is 12.1 Å². The second kappa shape index (κ2) is 8.42. The van der Waals surface area contributed by atoms with Crippen LogP contribution >= 0.6 is 0 Å². The molecule has 27 heavy (non-hydrogen) atoms. The number of hydrogen-bond donors (Lipinski definition) is 2. The molecule has 0 spiro atoms. The molecule has 3 saturated heterocycles. The molecule has 3 heterocycles. The first-order chi connectivity index (χ1) is 13.2. The van der Waals surface area contributed by atoms with E-state index in [1.165, 1.54) is 12.8 Å². The number of fused-ring (bicyclic) bond motifs is 2. The smallest absolute Gasteiger partial charge is 0.224 e. The molecule has 0 aliphatic carbocycles. The fourth-order valence-corrected chi connectivity index (χ4v) is 4.95. The molecule has 0 aromatic heterocycles. The van der Waals surface area contributed by atoms with Gasteiger partial charge in [0.05, 0.1) is 0 Å². The Morgan fingerprint density at radius 2 is 1.70 bits per heavy atom. The lowest BCUT2D eigenvalue weighted by molar-refractivity contribution is -0.130. The van der Waals surface area contributed by atoms with Crippen LogP contribution in [0.1, 0.15) is 56.9 Å². The van der Waals surface area contributed by atoms with E-state index in [1.54, 1.807) is 0 Å². The zero-order chi connectivity index (χ0) is 18.6. The number of piperidine rings is 1.